The topological polar surface area (TPSA) is 35.6 Å². The molecular formula is C58H34N4S. The maximum absolute atomic E-state index is 5.63. The van der Waals surface area contributed by atoms with Crippen molar-refractivity contribution in [2.45, 2.75) is 0 Å². The van der Waals surface area contributed by atoms with E-state index in [1.165, 1.54) is 74.5 Å². The molecule has 0 fully saturated rings. The van der Waals surface area contributed by atoms with Gasteiger partial charge >= 0.3 is 0 Å². The fraction of sp³-hybridized carbons (Fsp3) is 0. The molecule has 0 radical (unpaired) electrons. The second-order valence-electron chi connectivity index (χ2n) is 16.5. The predicted molar refractivity (Wildman–Crippen MR) is 267 cm³/mol. The van der Waals surface area contributed by atoms with Gasteiger partial charge in [0.1, 0.15) is 0 Å². The second kappa shape index (κ2) is 13.2. The van der Waals surface area contributed by atoms with E-state index >= 15 is 0 Å². The molecule has 0 atom stereocenters. The molecule has 5 heteroatoms. The molecule has 4 heterocycles. The van der Waals surface area contributed by atoms with Gasteiger partial charge in [-0.05, 0) is 87.3 Å². The first-order chi connectivity index (χ1) is 31.3. The molecule has 0 aliphatic carbocycles. The zero-order valence-electron chi connectivity index (χ0n) is 33.8. The number of thiophene rings is 1. The Balaban J connectivity index is 1.11. The van der Waals surface area contributed by atoms with E-state index in [0.717, 1.165) is 49.8 Å². The number of aromatic nitrogens is 4. The molecule has 0 N–H and O–H groups in total. The van der Waals surface area contributed by atoms with Crippen LogP contribution in [0.25, 0.3) is 130 Å². The highest BCUT2D eigenvalue weighted by Crippen LogP contribution is 2.49. The second-order valence-corrected chi connectivity index (χ2v) is 17.5. The van der Waals surface area contributed by atoms with Gasteiger partial charge in [0.25, 0.3) is 0 Å². The lowest BCUT2D eigenvalue weighted by Crippen LogP contribution is -2.04. The van der Waals surface area contributed by atoms with E-state index in [1.807, 2.05) is 11.3 Å². The molecule has 0 amide bonds. The van der Waals surface area contributed by atoms with Gasteiger partial charge in [-0.25, -0.2) is 9.97 Å². The highest BCUT2D eigenvalue weighted by atomic mass is 32.1. The molecule has 292 valence electrons. The number of hydrogen-bond donors (Lipinski definition) is 0. The fourth-order valence-corrected chi connectivity index (χ4v) is 11.6. The Morgan fingerprint density at radius 2 is 0.968 bits per heavy atom. The Bertz CT molecular complexity index is 4200. The van der Waals surface area contributed by atoms with Gasteiger partial charge in [0, 0.05) is 53.7 Å². The average molecular weight is 819 g/mol. The summed E-state index contributed by atoms with van der Waals surface area (Å²) >= 11 is 1.86. The lowest BCUT2D eigenvalue weighted by Gasteiger charge is -2.14. The van der Waals surface area contributed by atoms with Crippen molar-refractivity contribution in [1.82, 2.24) is 19.1 Å². The molecule has 14 rings (SSSR count). The van der Waals surface area contributed by atoms with Gasteiger partial charge in [0.05, 0.1) is 38.0 Å². The molecule has 0 saturated carbocycles. The first-order valence-corrected chi connectivity index (χ1v) is 22.2. The van der Waals surface area contributed by atoms with Crippen LogP contribution in [0, 0.1) is 0 Å². The highest BCUT2D eigenvalue weighted by Gasteiger charge is 2.25. The van der Waals surface area contributed by atoms with Gasteiger partial charge in [-0.1, -0.05) is 152 Å². The average Bonchev–Trinajstić information content (AvgIpc) is 4.02. The molecule has 10 aromatic carbocycles. The maximum atomic E-state index is 5.63. The fourth-order valence-electron chi connectivity index (χ4n) is 10.4. The summed E-state index contributed by atoms with van der Waals surface area (Å²) in [4.78, 5) is 11.2. The Morgan fingerprint density at radius 3 is 1.76 bits per heavy atom. The first kappa shape index (κ1) is 34.6. The summed E-state index contributed by atoms with van der Waals surface area (Å²) < 4.78 is 7.24. The number of nitrogens with zero attached hydrogens (tertiary/aromatic N) is 4. The van der Waals surface area contributed by atoms with Crippen molar-refractivity contribution in [3.05, 3.63) is 206 Å². The number of benzene rings is 10. The summed E-state index contributed by atoms with van der Waals surface area (Å²) in [5.74, 6) is 0.661. The van der Waals surface area contributed by atoms with Gasteiger partial charge < -0.3 is 4.57 Å². The summed E-state index contributed by atoms with van der Waals surface area (Å²) in [6, 6.07) is 74.6. The summed E-state index contributed by atoms with van der Waals surface area (Å²) in [7, 11) is 0. The van der Waals surface area contributed by atoms with E-state index in [4.69, 9.17) is 9.97 Å². The Hall–Kier alpha value is -8.12. The van der Waals surface area contributed by atoms with Crippen LogP contribution in [0.4, 0.5) is 0 Å². The monoisotopic (exact) mass is 818 g/mol. The molecule has 14 aromatic rings. The van der Waals surface area contributed by atoms with Crippen molar-refractivity contribution in [1.29, 1.82) is 0 Å². The Kier molecular flexibility index (Phi) is 7.24. The third kappa shape index (κ3) is 4.97. The van der Waals surface area contributed by atoms with Gasteiger partial charge in [0.15, 0.2) is 0 Å². The minimum atomic E-state index is 0.661. The van der Waals surface area contributed by atoms with Crippen molar-refractivity contribution in [2.75, 3.05) is 0 Å². The molecule has 0 unspecified atom stereocenters. The highest BCUT2D eigenvalue weighted by molar-refractivity contribution is 7.27. The minimum Gasteiger partial charge on any atom is -0.309 e. The Morgan fingerprint density at radius 1 is 0.365 bits per heavy atom. The lowest BCUT2D eigenvalue weighted by atomic mass is 9.97. The van der Waals surface area contributed by atoms with Crippen LogP contribution >= 0.6 is 11.3 Å². The molecule has 4 aromatic heterocycles. The van der Waals surface area contributed by atoms with Crippen molar-refractivity contribution >= 4 is 108 Å². The molecule has 0 spiro atoms. The number of para-hydroxylation sites is 2. The molecule has 63 heavy (non-hydrogen) atoms. The van der Waals surface area contributed by atoms with Gasteiger partial charge in [-0.15, -0.1) is 11.3 Å². The summed E-state index contributed by atoms with van der Waals surface area (Å²) in [5, 5.41) is 13.3. The van der Waals surface area contributed by atoms with Gasteiger partial charge in [-0.3, -0.25) is 4.57 Å². The number of hydrogen-bond acceptors (Lipinski definition) is 3. The maximum Gasteiger partial charge on any atom is 0.235 e. The molecular weight excluding hydrogens is 785 g/mol. The summed E-state index contributed by atoms with van der Waals surface area (Å²) in [6.45, 7) is 0. The molecule has 0 aliphatic rings. The van der Waals surface area contributed by atoms with E-state index in [-0.39, 0.29) is 0 Å². The quantitative estimate of drug-likeness (QED) is 0.166. The third-order valence-electron chi connectivity index (χ3n) is 13.1. The zero-order valence-corrected chi connectivity index (χ0v) is 34.6. The predicted octanol–water partition coefficient (Wildman–Crippen LogP) is 15.8. The van der Waals surface area contributed by atoms with Crippen LogP contribution in [0.15, 0.2) is 206 Å². The largest absolute Gasteiger partial charge is 0.309 e. The smallest absolute Gasteiger partial charge is 0.235 e. The van der Waals surface area contributed by atoms with Crippen LogP contribution in [-0.4, -0.2) is 19.1 Å². The van der Waals surface area contributed by atoms with E-state index < -0.39 is 0 Å². The van der Waals surface area contributed by atoms with Crippen molar-refractivity contribution in [2.24, 2.45) is 0 Å². The van der Waals surface area contributed by atoms with Crippen LogP contribution in [0.1, 0.15) is 0 Å². The zero-order chi connectivity index (χ0) is 41.2. The molecule has 4 nitrogen and oxygen atoms in total. The van der Waals surface area contributed by atoms with E-state index in [0.29, 0.717) is 5.95 Å². The van der Waals surface area contributed by atoms with Crippen LogP contribution in [0.2, 0.25) is 0 Å². The molecule has 0 saturated heterocycles. The molecule has 0 aliphatic heterocycles. The van der Waals surface area contributed by atoms with E-state index in [9.17, 15) is 0 Å². The normalized spacial score (nSPS) is 12.1. The van der Waals surface area contributed by atoms with Crippen LogP contribution in [0.3, 0.4) is 0 Å². The SMILES string of the molecule is c1ccc(-c2nc(-n3c4ccc(-c5ccc6c(c5)c5ccccc5n6-c5ccccc5)cc4c4c5ccccc5c5c6ccccc6sc5c43)nc3ccc4ccccc4c23)cc1. The van der Waals surface area contributed by atoms with Gasteiger partial charge in [-0.2, -0.15) is 0 Å². The van der Waals surface area contributed by atoms with Crippen molar-refractivity contribution in [3.8, 4) is 34.0 Å². The molecule has 0 bridgehead atoms. The number of rotatable bonds is 4. The summed E-state index contributed by atoms with van der Waals surface area (Å²) in [6.07, 6.45) is 0. The third-order valence-corrected chi connectivity index (χ3v) is 14.3. The van der Waals surface area contributed by atoms with Crippen LogP contribution in [0.5, 0.6) is 0 Å². The van der Waals surface area contributed by atoms with Gasteiger partial charge in [0.2, 0.25) is 5.95 Å². The Labute approximate surface area is 365 Å². The van der Waals surface area contributed by atoms with E-state index in [2.05, 4.69) is 215 Å². The first-order valence-electron chi connectivity index (χ1n) is 21.4. The minimum absolute atomic E-state index is 0.661. The standard InChI is InChI=1S/C58H34N4S/c1-3-16-36(17-4-1)55-54-40-20-8-7-15-35(40)27-30-47(54)59-58(60-55)62-50-32-29-38(37-28-31-49-45(33-37)41-21-11-13-25-48(41)61(49)39-18-5-2-6-19-39)34-46(50)52-42-22-9-10-23-43(42)53-44-24-12-14-26-51(44)63-57(53)56(52)62/h1-34H. The summed E-state index contributed by atoms with van der Waals surface area (Å²) in [5.41, 5.74) is 11.0. The number of fused-ring (bicyclic) bond motifs is 16. The lowest BCUT2D eigenvalue weighted by molar-refractivity contribution is 1.02. The van der Waals surface area contributed by atoms with Crippen LogP contribution < -0.4 is 0 Å². The van der Waals surface area contributed by atoms with Crippen LogP contribution in [-0.2, 0) is 0 Å². The van der Waals surface area contributed by atoms with E-state index in [1.54, 1.807) is 0 Å². The van der Waals surface area contributed by atoms with Crippen molar-refractivity contribution < 1.29 is 0 Å². The van der Waals surface area contributed by atoms with Crippen molar-refractivity contribution in [3.63, 3.8) is 0 Å².